The zero-order valence-corrected chi connectivity index (χ0v) is 15.2. The maximum Gasteiger partial charge on any atom is 0.254 e. The van der Waals surface area contributed by atoms with E-state index in [-0.39, 0.29) is 18.4 Å². The maximum atomic E-state index is 12.5. The van der Waals surface area contributed by atoms with Crippen LogP contribution in [-0.2, 0) is 4.79 Å². The third-order valence-corrected chi connectivity index (χ3v) is 5.35. The quantitative estimate of drug-likeness (QED) is 0.782. The Morgan fingerprint density at radius 2 is 1.96 bits per heavy atom. The van der Waals surface area contributed by atoms with Gasteiger partial charge in [0.15, 0.2) is 0 Å². The van der Waals surface area contributed by atoms with Gasteiger partial charge in [0.2, 0.25) is 0 Å². The number of nitrogens with one attached hydrogen (secondary N) is 3. The van der Waals surface area contributed by atoms with Crippen molar-refractivity contribution in [2.75, 3.05) is 18.1 Å². The normalized spacial score (nSPS) is 26.8. The molecule has 3 heterocycles. The molecule has 134 valence electrons. The topological polar surface area (TPSA) is 59.6 Å². The second-order valence-corrected chi connectivity index (χ2v) is 7.50. The van der Waals surface area contributed by atoms with Crippen LogP contribution >= 0.6 is 0 Å². The fourth-order valence-corrected chi connectivity index (χ4v) is 3.83. The highest BCUT2D eigenvalue weighted by atomic mass is 16.2. The molecule has 2 saturated heterocycles. The minimum absolute atomic E-state index is 0.00658. The van der Waals surface area contributed by atoms with Gasteiger partial charge in [0.05, 0.1) is 11.3 Å². The number of nitrogens with zero attached hydrogens (tertiary/aromatic N) is 2. The highest BCUT2D eigenvalue weighted by molar-refractivity contribution is 5.96. The molecule has 2 unspecified atom stereocenters. The fourth-order valence-electron chi connectivity index (χ4n) is 3.83. The summed E-state index contributed by atoms with van der Waals surface area (Å²) < 4.78 is 0. The van der Waals surface area contributed by atoms with Crippen LogP contribution in [0.25, 0.3) is 0 Å². The van der Waals surface area contributed by atoms with Crippen molar-refractivity contribution in [1.29, 1.82) is 0 Å². The predicted octanol–water partition coefficient (Wildman–Crippen LogP) is 1.75. The number of likely N-dealkylation sites (tertiary alicyclic amines) is 1. The van der Waals surface area contributed by atoms with Gasteiger partial charge in [-0.25, -0.2) is 5.43 Å². The molecule has 0 aromatic heterocycles. The molecule has 6 heteroatoms. The van der Waals surface area contributed by atoms with Gasteiger partial charge in [-0.1, -0.05) is 26.0 Å². The van der Waals surface area contributed by atoms with Crippen LogP contribution in [0.4, 0.5) is 5.69 Å². The molecule has 1 aromatic rings. The third kappa shape index (κ3) is 3.05. The number of hydrazine groups is 1. The van der Waals surface area contributed by atoms with Crippen LogP contribution in [0.5, 0.6) is 0 Å². The van der Waals surface area contributed by atoms with E-state index in [2.05, 4.69) is 59.9 Å². The van der Waals surface area contributed by atoms with Gasteiger partial charge in [-0.15, -0.1) is 0 Å². The highest BCUT2D eigenvalue weighted by Gasteiger charge is 2.38. The summed E-state index contributed by atoms with van der Waals surface area (Å²) in [5.41, 5.74) is 7.77. The van der Waals surface area contributed by atoms with E-state index in [4.69, 9.17) is 0 Å². The predicted molar refractivity (Wildman–Crippen MR) is 98.6 cm³/mol. The molecule has 0 saturated carbocycles. The van der Waals surface area contributed by atoms with E-state index in [0.29, 0.717) is 5.92 Å². The van der Waals surface area contributed by atoms with Gasteiger partial charge < -0.3 is 5.32 Å². The van der Waals surface area contributed by atoms with Gasteiger partial charge >= 0.3 is 0 Å². The van der Waals surface area contributed by atoms with E-state index in [1.807, 2.05) is 11.2 Å². The lowest BCUT2D eigenvalue weighted by Gasteiger charge is -2.36. The summed E-state index contributed by atoms with van der Waals surface area (Å²) in [7, 11) is 0. The number of fused-ring (bicyclic) bond motifs is 1. The molecule has 0 spiro atoms. The second-order valence-electron chi connectivity index (χ2n) is 7.50. The van der Waals surface area contributed by atoms with Gasteiger partial charge in [-0.05, 0) is 42.9 Å². The summed E-state index contributed by atoms with van der Waals surface area (Å²) in [6.45, 7) is 8.58. The van der Waals surface area contributed by atoms with Gasteiger partial charge in [-0.2, -0.15) is 0 Å². The van der Waals surface area contributed by atoms with Gasteiger partial charge in [0.25, 0.3) is 5.91 Å². The molecule has 3 N–H and O–H groups in total. The lowest BCUT2D eigenvalue weighted by molar-refractivity contribution is -0.121. The van der Waals surface area contributed by atoms with Crippen molar-refractivity contribution in [2.45, 2.75) is 52.0 Å². The molecule has 25 heavy (non-hydrogen) atoms. The molecule has 6 nitrogen and oxygen atoms in total. The average Bonchev–Trinajstić information content (AvgIpc) is 3.24. The van der Waals surface area contributed by atoms with Crippen LogP contribution in [0.15, 0.2) is 30.0 Å². The van der Waals surface area contributed by atoms with Crippen molar-refractivity contribution in [2.24, 2.45) is 0 Å². The zero-order valence-electron chi connectivity index (χ0n) is 15.2. The number of carbonyl (C=O) groups is 1. The lowest BCUT2D eigenvalue weighted by Crippen LogP contribution is -2.66. The first-order valence-corrected chi connectivity index (χ1v) is 9.21. The molecule has 2 fully saturated rings. The Hall–Kier alpha value is -1.89. The second kappa shape index (κ2) is 6.44. The SMILES string of the molecule is Cc1cc(C(C)C)ccc1N1C=C2C(=O)NC(N3CCCC3)NC2N1. The maximum absolute atomic E-state index is 12.5. The highest BCUT2D eigenvalue weighted by Crippen LogP contribution is 2.28. The largest absolute Gasteiger partial charge is 0.324 e. The summed E-state index contributed by atoms with van der Waals surface area (Å²) in [5.74, 6) is 0.515. The number of hydrogen-bond donors (Lipinski definition) is 3. The first-order valence-electron chi connectivity index (χ1n) is 9.21. The average molecular weight is 341 g/mol. The molecule has 0 aliphatic carbocycles. The van der Waals surface area contributed by atoms with Crippen LogP contribution in [-0.4, -0.2) is 36.4 Å². The number of aryl methyl sites for hydroxylation is 1. The van der Waals surface area contributed by atoms with E-state index >= 15 is 0 Å². The Kier molecular flexibility index (Phi) is 4.27. The Morgan fingerprint density at radius 1 is 1.20 bits per heavy atom. The van der Waals surface area contributed by atoms with Crippen molar-refractivity contribution in [3.05, 3.63) is 41.1 Å². The number of rotatable bonds is 3. The number of hydrogen-bond acceptors (Lipinski definition) is 5. The third-order valence-electron chi connectivity index (χ3n) is 5.35. The van der Waals surface area contributed by atoms with Crippen molar-refractivity contribution >= 4 is 11.6 Å². The molecule has 4 rings (SSSR count). The molecular formula is C19H27N5O. The van der Waals surface area contributed by atoms with Crippen molar-refractivity contribution in [3.8, 4) is 0 Å². The van der Waals surface area contributed by atoms with Gasteiger partial charge in [0.1, 0.15) is 12.5 Å². The molecule has 0 bridgehead atoms. The summed E-state index contributed by atoms with van der Waals surface area (Å²) in [4.78, 5) is 14.8. The number of amides is 1. The van der Waals surface area contributed by atoms with Crippen LogP contribution in [0, 0.1) is 6.92 Å². The summed E-state index contributed by atoms with van der Waals surface area (Å²) in [6, 6.07) is 6.51. The molecule has 1 aromatic carbocycles. The Bertz CT molecular complexity index is 708. The number of benzene rings is 1. The molecule has 3 aliphatic heterocycles. The lowest BCUT2D eigenvalue weighted by atomic mass is 10.0. The summed E-state index contributed by atoms with van der Waals surface area (Å²) in [6.07, 6.45) is 4.06. The van der Waals surface area contributed by atoms with E-state index in [1.165, 1.54) is 24.0 Å². The van der Waals surface area contributed by atoms with Crippen LogP contribution in [0.1, 0.15) is 43.7 Å². The minimum Gasteiger partial charge on any atom is -0.324 e. The van der Waals surface area contributed by atoms with Crippen LogP contribution in [0.3, 0.4) is 0 Å². The van der Waals surface area contributed by atoms with Crippen LogP contribution in [0.2, 0.25) is 0 Å². The molecule has 1 amide bonds. The van der Waals surface area contributed by atoms with Crippen molar-refractivity contribution in [3.63, 3.8) is 0 Å². The van der Waals surface area contributed by atoms with Crippen molar-refractivity contribution < 1.29 is 4.79 Å². The first-order chi connectivity index (χ1) is 12.0. The summed E-state index contributed by atoms with van der Waals surface area (Å²) >= 11 is 0. The van der Waals surface area contributed by atoms with Gasteiger partial charge in [-0.3, -0.25) is 20.0 Å². The molecule has 2 atom stereocenters. The molecule has 3 aliphatic rings. The zero-order chi connectivity index (χ0) is 17.6. The number of carbonyl (C=O) groups excluding carboxylic acids is 1. The number of anilines is 1. The standard InChI is InChI=1S/C19H27N5O/c1-12(2)14-6-7-16(13(3)10-14)24-11-15-17(22-24)20-19(21-18(15)25)23-8-4-5-9-23/h6-7,10-12,17,19-20,22H,4-5,8-9H2,1-3H3,(H,21,25). The van der Waals surface area contributed by atoms with E-state index in [9.17, 15) is 4.79 Å². The van der Waals surface area contributed by atoms with E-state index < -0.39 is 0 Å². The van der Waals surface area contributed by atoms with Crippen LogP contribution < -0.4 is 21.1 Å². The summed E-state index contributed by atoms with van der Waals surface area (Å²) in [5, 5.41) is 8.56. The van der Waals surface area contributed by atoms with Crippen molar-refractivity contribution in [1.82, 2.24) is 21.0 Å². The Balaban J connectivity index is 1.53. The monoisotopic (exact) mass is 341 g/mol. The smallest absolute Gasteiger partial charge is 0.254 e. The molecular weight excluding hydrogens is 314 g/mol. The first kappa shape index (κ1) is 16.6. The van der Waals surface area contributed by atoms with E-state index in [1.54, 1.807) is 0 Å². The Morgan fingerprint density at radius 3 is 2.64 bits per heavy atom. The minimum atomic E-state index is -0.150. The Labute approximate surface area is 149 Å². The van der Waals surface area contributed by atoms with Gasteiger partial charge in [0, 0.05) is 19.3 Å². The fraction of sp³-hybridized carbons (Fsp3) is 0.526. The van der Waals surface area contributed by atoms with E-state index in [0.717, 1.165) is 24.4 Å². The molecule has 0 radical (unpaired) electrons.